The molecule has 0 aliphatic rings. The Morgan fingerprint density at radius 3 is 2.31 bits per heavy atom. The van der Waals surface area contributed by atoms with E-state index in [9.17, 15) is 18.0 Å². The van der Waals surface area contributed by atoms with Crippen molar-refractivity contribution in [1.82, 2.24) is 0 Å². The minimum Gasteiger partial charge on any atom is -0.324 e. The predicted octanol–water partition coefficient (Wildman–Crippen LogP) is 1.53. The molecule has 0 saturated heterocycles. The maximum absolute atomic E-state index is 12.2. The zero-order chi connectivity index (χ0) is 12.2. The van der Waals surface area contributed by atoms with Crippen LogP contribution in [-0.2, 0) is 15.8 Å². The van der Waals surface area contributed by atoms with Crippen molar-refractivity contribution < 1.29 is 22.8 Å². The average Bonchev–Trinajstić information content (AvgIpc) is 2.17. The fraction of sp³-hybridized carbons (Fsp3) is 0.222. The van der Waals surface area contributed by atoms with E-state index in [0.29, 0.717) is 0 Å². The molecule has 1 rings (SSSR count). The zero-order valence-corrected chi connectivity index (χ0v) is 8.04. The van der Waals surface area contributed by atoms with Gasteiger partial charge in [0.15, 0.2) is 0 Å². The monoisotopic (exact) mass is 234 g/mol. The molecule has 16 heavy (non-hydrogen) atoms. The molecule has 0 atom stereocenters. The molecule has 0 fully saturated rings. The number of halogens is 3. The molecule has 0 bridgehead atoms. The molecule has 1 amide bonds. The number of carbonyl (C=O) groups excluding carboxylic acids is 1. The minimum absolute atomic E-state index is 0.245. The minimum atomic E-state index is -4.39. The Morgan fingerprint density at radius 2 is 1.88 bits per heavy atom. The van der Waals surface area contributed by atoms with E-state index >= 15 is 0 Å². The zero-order valence-electron chi connectivity index (χ0n) is 8.04. The van der Waals surface area contributed by atoms with Gasteiger partial charge in [0.1, 0.15) is 6.61 Å². The SMILES string of the molecule is NOCC(=O)Nc1ccc(C(F)(F)F)cc1. The van der Waals surface area contributed by atoms with Gasteiger partial charge in [-0.3, -0.25) is 9.63 Å². The third-order valence-corrected chi connectivity index (χ3v) is 1.71. The van der Waals surface area contributed by atoms with E-state index in [2.05, 4.69) is 16.1 Å². The van der Waals surface area contributed by atoms with Gasteiger partial charge in [0.2, 0.25) is 0 Å². The van der Waals surface area contributed by atoms with E-state index in [1.54, 1.807) is 0 Å². The highest BCUT2D eigenvalue weighted by Gasteiger charge is 2.29. The van der Waals surface area contributed by atoms with Crippen LogP contribution >= 0.6 is 0 Å². The van der Waals surface area contributed by atoms with Crippen LogP contribution in [0.1, 0.15) is 5.56 Å². The van der Waals surface area contributed by atoms with E-state index in [0.717, 1.165) is 24.3 Å². The summed E-state index contributed by atoms with van der Waals surface area (Å²) >= 11 is 0. The van der Waals surface area contributed by atoms with Gasteiger partial charge in [0.25, 0.3) is 5.91 Å². The van der Waals surface area contributed by atoms with Gasteiger partial charge in [-0.05, 0) is 24.3 Å². The number of hydrogen-bond donors (Lipinski definition) is 2. The van der Waals surface area contributed by atoms with Crippen LogP contribution in [0.3, 0.4) is 0 Å². The summed E-state index contributed by atoms with van der Waals surface area (Å²) in [4.78, 5) is 15.0. The summed E-state index contributed by atoms with van der Waals surface area (Å²) in [7, 11) is 0. The highest BCUT2D eigenvalue weighted by atomic mass is 19.4. The molecule has 1 aromatic carbocycles. The van der Waals surface area contributed by atoms with E-state index in [-0.39, 0.29) is 12.3 Å². The van der Waals surface area contributed by atoms with E-state index in [4.69, 9.17) is 0 Å². The van der Waals surface area contributed by atoms with Crippen molar-refractivity contribution in [2.24, 2.45) is 5.90 Å². The number of nitrogens with one attached hydrogen (secondary N) is 1. The van der Waals surface area contributed by atoms with Crippen LogP contribution < -0.4 is 11.2 Å². The van der Waals surface area contributed by atoms with Gasteiger partial charge in [0.05, 0.1) is 5.56 Å². The van der Waals surface area contributed by atoms with Crippen molar-refractivity contribution >= 4 is 11.6 Å². The van der Waals surface area contributed by atoms with Crippen molar-refractivity contribution in [3.8, 4) is 0 Å². The van der Waals surface area contributed by atoms with Crippen LogP contribution in [0.25, 0.3) is 0 Å². The van der Waals surface area contributed by atoms with Crippen molar-refractivity contribution in [2.75, 3.05) is 11.9 Å². The Bertz CT molecular complexity index is 362. The Hall–Kier alpha value is -1.60. The third-order valence-electron chi connectivity index (χ3n) is 1.71. The van der Waals surface area contributed by atoms with Gasteiger partial charge in [-0.1, -0.05) is 0 Å². The number of nitrogens with two attached hydrogens (primary N) is 1. The lowest BCUT2D eigenvalue weighted by atomic mass is 10.2. The van der Waals surface area contributed by atoms with Gasteiger partial charge in [-0.25, -0.2) is 5.90 Å². The molecule has 4 nitrogen and oxygen atoms in total. The summed E-state index contributed by atoms with van der Waals surface area (Å²) in [6.07, 6.45) is -4.39. The standard InChI is InChI=1S/C9H9F3N2O2/c10-9(11,12)6-1-3-7(4-2-6)14-8(15)5-16-13/h1-4H,5,13H2,(H,14,15). The number of carbonyl (C=O) groups is 1. The van der Waals surface area contributed by atoms with Crippen LogP contribution in [0.5, 0.6) is 0 Å². The smallest absolute Gasteiger partial charge is 0.324 e. The van der Waals surface area contributed by atoms with Gasteiger partial charge in [-0.2, -0.15) is 13.2 Å². The first-order chi connectivity index (χ1) is 7.43. The Labute approximate surface area is 89.1 Å². The van der Waals surface area contributed by atoms with E-state index in [1.165, 1.54) is 0 Å². The molecule has 0 aliphatic carbocycles. The molecule has 0 spiro atoms. The van der Waals surface area contributed by atoms with E-state index < -0.39 is 17.6 Å². The first kappa shape index (κ1) is 12.5. The lowest BCUT2D eigenvalue weighted by Crippen LogP contribution is -2.20. The lowest BCUT2D eigenvalue weighted by molar-refractivity contribution is -0.137. The molecule has 0 aromatic heterocycles. The second kappa shape index (κ2) is 4.95. The summed E-state index contributed by atoms with van der Waals surface area (Å²) in [6, 6.07) is 4.05. The summed E-state index contributed by atoms with van der Waals surface area (Å²) in [5, 5.41) is 2.31. The van der Waals surface area contributed by atoms with Gasteiger partial charge in [-0.15, -0.1) is 0 Å². The lowest BCUT2D eigenvalue weighted by Gasteiger charge is -2.08. The van der Waals surface area contributed by atoms with Crippen LogP contribution in [0.2, 0.25) is 0 Å². The number of hydrogen-bond acceptors (Lipinski definition) is 3. The average molecular weight is 234 g/mol. The largest absolute Gasteiger partial charge is 0.416 e. The van der Waals surface area contributed by atoms with Crippen LogP contribution in [0.15, 0.2) is 24.3 Å². The molecule has 88 valence electrons. The Balaban J connectivity index is 2.69. The fourth-order valence-electron chi connectivity index (χ4n) is 1.02. The Kier molecular flexibility index (Phi) is 3.86. The molecule has 3 N–H and O–H groups in total. The second-order valence-electron chi connectivity index (χ2n) is 2.93. The number of amides is 1. The molecule has 1 aromatic rings. The third kappa shape index (κ3) is 3.52. The topological polar surface area (TPSA) is 64.3 Å². The number of rotatable bonds is 3. The first-order valence-electron chi connectivity index (χ1n) is 4.22. The second-order valence-corrected chi connectivity index (χ2v) is 2.93. The molecule has 0 aliphatic heterocycles. The molecule has 0 heterocycles. The van der Waals surface area contributed by atoms with Crippen molar-refractivity contribution in [3.63, 3.8) is 0 Å². The van der Waals surface area contributed by atoms with Crippen molar-refractivity contribution in [1.29, 1.82) is 0 Å². The molecular weight excluding hydrogens is 225 g/mol. The quantitative estimate of drug-likeness (QED) is 0.779. The molecular formula is C9H9F3N2O2. The normalized spacial score (nSPS) is 11.2. The number of alkyl halides is 3. The highest BCUT2D eigenvalue weighted by molar-refractivity contribution is 5.91. The number of anilines is 1. The fourth-order valence-corrected chi connectivity index (χ4v) is 1.02. The van der Waals surface area contributed by atoms with Gasteiger partial charge < -0.3 is 5.32 Å². The summed E-state index contributed by atoms with van der Waals surface area (Å²) in [5.41, 5.74) is -0.532. The van der Waals surface area contributed by atoms with Gasteiger partial charge in [0, 0.05) is 5.69 Å². The van der Waals surface area contributed by atoms with E-state index in [1.807, 2.05) is 0 Å². The molecule has 7 heteroatoms. The van der Waals surface area contributed by atoms with Crippen LogP contribution in [-0.4, -0.2) is 12.5 Å². The van der Waals surface area contributed by atoms with Crippen LogP contribution in [0, 0.1) is 0 Å². The summed E-state index contributed by atoms with van der Waals surface area (Å²) in [6.45, 7) is -0.360. The maximum Gasteiger partial charge on any atom is 0.416 e. The van der Waals surface area contributed by atoms with Gasteiger partial charge >= 0.3 is 6.18 Å². The molecule has 0 saturated carbocycles. The summed E-state index contributed by atoms with van der Waals surface area (Å²) < 4.78 is 36.5. The maximum atomic E-state index is 12.2. The Morgan fingerprint density at radius 1 is 1.31 bits per heavy atom. The first-order valence-corrected chi connectivity index (χ1v) is 4.22. The predicted molar refractivity (Wildman–Crippen MR) is 50.2 cm³/mol. The number of benzene rings is 1. The molecule has 0 unspecified atom stereocenters. The highest BCUT2D eigenvalue weighted by Crippen LogP contribution is 2.29. The summed E-state index contributed by atoms with van der Waals surface area (Å²) in [5.74, 6) is 4.12. The van der Waals surface area contributed by atoms with Crippen molar-refractivity contribution in [3.05, 3.63) is 29.8 Å². The van der Waals surface area contributed by atoms with Crippen molar-refractivity contribution in [2.45, 2.75) is 6.18 Å². The van der Waals surface area contributed by atoms with Crippen LogP contribution in [0.4, 0.5) is 18.9 Å². The molecule has 0 radical (unpaired) electrons.